The molecule has 18 heavy (non-hydrogen) atoms. The number of thiazole rings is 1. The van der Waals surface area contributed by atoms with E-state index in [4.69, 9.17) is 0 Å². The van der Waals surface area contributed by atoms with Crippen molar-refractivity contribution >= 4 is 27.5 Å². The second kappa shape index (κ2) is 4.53. The molecule has 0 radical (unpaired) electrons. The lowest BCUT2D eigenvalue weighted by atomic mass is 10.0. The molecule has 0 aromatic carbocycles. The fourth-order valence-electron chi connectivity index (χ4n) is 2.03. The van der Waals surface area contributed by atoms with Crippen LogP contribution in [0.4, 0.5) is 0 Å². The van der Waals surface area contributed by atoms with E-state index in [1.54, 1.807) is 29.0 Å². The van der Waals surface area contributed by atoms with Gasteiger partial charge in [0.25, 0.3) is 0 Å². The predicted molar refractivity (Wildman–Crippen MR) is 76.2 cm³/mol. The van der Waals surface area contributed by atoms with Crippen molar-refractivity contribution in [2.45, 2.75) is 27.7 Å². The molecule has 2 aromatic rings. The Morgan fingerprint density at radius 1 is 1.33 bits per heavy atom. The van der Waals surface area contributed by atoms with Gasteiger partial charge >= 0.3 is 0 Å². The number of ketones is 1. The van der Waals surface area contributed by atoms with Gasteiger partial charge in [-0.3, -0.25) is 4.79 Å². The average molecular weight is 260 g/mol. The van der Waals surface area contributed by atoms with Crippen LogP contribution >= 0.6 is 11.3 Å². The van der Waals surface area contributed by atoms with Crippen molar-refractivity contribution < 1.29 is 4.79 Å². The zero-order chi connectivity index (χ0) is 13.4. The topological polar surface area (TPSA) is 34.4 Å². The molecule has 0 unspecified atom stereocenters. The van der Waals surface area contributed by atoms with Gasteiger partial charge in [-0.1, -0.05) is 12.2 Å². The summed E-state index contributed by atoms with van der Waals surface area (Å²) in [6, 6.07) is 0. The Balaban J connectivity index is 2.64. The Morgan fingerprint density at radius 3 is 2.50 bits per heavy atom. The lowest BCUT2D eigenvalue weighted by Gasteiger charge is -2.05. The van der Waals surface area contributed by atoms with Crippen LogP contribution in [0.15, 0.2) is 30.1 Å². The van der Waals surface area contributed by atoms with Gasteiger partial charge in [-0.2, -0.15) is 5.10 Å². The van der Waals surface area contributed by atoms with E-state index in [1.165, 1.54) is 5.57 Å². The van der Waals surface area contributed by atoms with Crippen LogP contribution in [0.3, 0.4) is 0 Å². The minimum atomic E-state index is 0.0486. The first-order valence-corrected chi connectivity index (χ1v) is 6.55. The summed E-state index contributed by atoms with van der Waals surface area (Å²) in [7, 11) is 0. The Morgan fingerprint density at radius 2 is 2.00 bits per heavy atom. The van der Waals surface area contributed by atoms with E-state index >= 15 is 0 Å². The minimum absolute atomic E-state index is 0.0486. The molecule has 0 spiro atoms. The number of hydrogen-bond donors (Lipinski definition) is 0. The minimum Gasteiger partial charge on any atom is -0.294 e. The van der Waals surface area contributed by atoms with Crippen molar-refractivity contribution in [3.8, 4) is 0 Å². The number of hydrogen-bond acceptors (Lipinski definition) is 3. The van der Waals surface area contributed by atoms with E-state index in [2.05, 4.69) is 25.5 Å². The molecule has 0 aliphatic heterocycles. The standard InChI is InChI=1S/C14H16N2OS/c1-8(2)13(9(3)4)12-7-16-14(18-12)11(6-15-16)10(5)17/h6-7H,1H2,2-5H3. The zero-order valence-electron chi connectivity index (χ0n) is 11.1. The van der Waals surface area contributed by atoms with Crippen LogP contribution in [0.25, 0.3) is 10.4 Å². The maximum Gasteiger partial charge on any atom is 0.164 e. The van der Waals surface area contributed by atoms with Crippen LogP contribution in [0.2, 0.25) is 0 Å². The van der Waals surface area contributed by atoms with E-state index in [0.29, 0.717) is 5.56 Å². The first-order chi connectivity index (χ1) is 8.41. The molecule has 2 rings (SSSR count). The Hall–Kier alpha value is -1.68. The molecule has 0 amide bonds. The largest absolute Gasteiger partial charge is 0.294 e. The normalized spacial score (nSPS) is 10.7. The molecule has 0 fully saturated rings. The zero-order valence-corrected chi connectivity index (χ0v) is 11.9. The van der Waals surface area contributed by atoms with Crippen LogP contribution in [0.1, 0.15) is 42.9 Å². The van der Waals surface area contributed by atoms with Gasteiger partial charge in [-0.15, -0.1) is 11.3 Å². The van der Waals surface area contributed by atoms with Crippen LogP contribution < -0.4 is 0 Å². The van der Waals surface area contributed by atoms with Crippen molar-refractivity contribution in [3.63, 3.8) is 0 Å². The predicted octanol–water partition coefficient (Wildman–Crippen LogP) is 3.97. The van der Waals surface area contributed by atoms with Gasteiger partial charge in [-0.05, 0) is 38.8 Å². The number of Topliss-reactive ketones (excluding diaryl/α,β-unsaturated/α-hetero) is 1. The number of carbonyl (C=O) groups is 1. The van der Waals surface area contributed by atoms with Crippen LogP contribution in [-0.2, 0) is 0 Å². The summed E-state index contributed by atoms with van der Waals surface area (Å²) in [6.07, 6.45) is 3.59. The van der Waals surface area contributed by atoms with Crippen LogP contribution in [0.5, 0.6) is 0 Å². The Kier molecular flexibility index (Phi) is 3.22. The fourth-order valence-corrected chi connectivity index (χ4v) is 3.37. The summed E-state index contributed by atoms with van der Waals surface area (Å²) in [5.74, 6) is 0.0486. The summed E-state index contributed by atoms with van der Waals surface area (Å²) < 4.78 is 1.77. The Labute approximate surface area is 110 Å². The molecule has 4 heteroatoms. The summed E-state index contributed by atoms with van der Waals surface area (Å²) in [5.41, 5.74) is 4.08. The number of allylic oxidation sites excluding steroid dienone is 3. The quantitative estimate of drug-likeness (QED) is 0.618. The van der Waals surface area contributed by atoms with Crippen molar-refractivity contribution in [3.05, 3.63) is 40.6 Å². The van der Waals surface area contributed by atoms with E-state index in [-0.39, 0.29) is 5.78 Å². The molecule has 0 atom stereocenters. The second-order valence-corrected chi connectivity index (χ2v) is 5.65. The summed E-state index contributed by atoms with van der Waals surface area (Å²) in [4.78, 5) is 13.5. The van der Waals surface area contributed by atoms with Crippen molar-refractivity contribution in [1.29, 1.82) is 0 Å². The van der Waals surface area contributed by atoms with Gasteiger partial charge in [-0.25, -0.2) is 4.52 Å². The van der Waals surface area contributed by atoms with Gasteiger partial charge < -0.3 is 0 Å². The molecule has 2 heterocycles. The van der Waals surface area contributed by atoms with E-state index < -0.39 is 0 Å². The van der Waals surface area contributed by atoms with E-state index in [0.717, 1.165) is 20.9 Å². The lowest BCUT2D eigenvalue weighted by molar-refractivity contribution is 0.101. The third kappa shape index (κ3) is 2.04. The SMILES string of the molecule is C=C(C)C(=C(C)C)c1cn2ncc(C(C)=O)c2s1. The smallest absolute Gasteiger partial charge is 0.164 e. The highest BCUT2D eigenvalue weighted by Crippen LogP contribution is 2.32. The van der Waals surface area contributed by atoms with Gasteiger partial charge in [0.1, 0.15) is 4.83 Å². The average Bonchev–Trinajstić information content (AvgIpc) is 2.74. The Bertz CT molecular complexity index is 669. The molecular formula is C14H16N2OS. The van der Waals surface area contributed by atoms with Crippen LogP contribution in [0, 0.1) is 0 Å². The summed E-state index contributed by atoms with van der Waals surface area (Å²) in [5, 5.41) is 4.22. The number of nitrogens with zero attached hydrogens (tertiary/aromatic N) is 2. The highest BCUT2D eigenvalue weighted by Gasteiger charge is 2.15. The van der Waals surface area contributed by atoms with Crippen LogP contribution in [-0.4, -0.2) is 15.4 Å². The molecule has 94 valence electrons. The number of aromatic nitrogens is 2. The summed E-state index contributed by atoms with van der Waals surface area (Å²) in [6.45, 7) is 11.7. The lowest BCUT2D eigenvalue weighted by Crippen LogP contribution is -1.87. The van der Waals surface area contributed by atoms with Gasteiger partial charge in [0.05, 0.1) is 16.6 Å². The third-order valence-electron chi connectivity index (χ3n) is 2.75. The highest BCUT2D eigenvalue weighted by atomic mass is 32.1. The van der Waals surface area contributed by atoms with E-state index in [1.807, 2.05) is 13.1 Å². The molecule has 0 saturated heterocycles. The number of fused-ring (bicyclic) bond motifs is 1. The molecule has 0 aliphatic carbocycles. The maximum atomic E-state index is 11.5. The molecule has 0 bridgehead atoms. The monoisotopic (exact) mass is 260 g/mol. The van der Waals surface area contributed by atoms with E-state index in [9.17, 15) is 4.79 Å². The maximum absolute atomic E-state index is 11.5. The summed E-state index contributed by atoms with van der Waals surface area (Å²) >= 11 is 1.58. The van der Waals surface area contributed by atoms with Crippen molar-refractivity contribution in [2.24, 2.45) is 0 Å². The molecule has 2 aromatic heterocycles. The first kappa shape index (κ1) is 12.8. The molecule has 0 saturated carbocycles. The number of rotatable bonds is 3. The van der Waals surface area contributed by atoms with Crippen molar-refractivity contribution in [2.75, 3.05) is 0 Å². The van der Waals surface area contributed by atoms with Gasteiger partial charge in [0.2, 0.25) is 0 Å². The molecule has 3 nitrogen and oxygen atoms in total. The second-order valence-electron chi connectivity index (χ2n) is 4.61. The first-order valence-electron chi connectivity index (χ1n) is 5.73. The third-order valence-corrected chi connectivity index (χ3v) is 3.88. The molecular weight excluding hydrogens is 244 g/mol. The molecule has 0 aliphatic rings. The number of carbonyl (C=O) groups excluding carboxylic acids is 1. The van der Waals surface area contributed by atoms with Gasteiger partial charge in [0.15, 0.2) is 5.78 Å². The van der Waals surface area contributed by atoms with Gasteiger partial charge in [0, 0.05) is 6.20 Å². The molecule has 0 N–H and O–H groups in total. The van der Waals surface area contributed by atoms with Crippen molar-refractivity contribution in [1.82, 2.24) is 9.61 Å². The highest BCUT2D eigenvalue weighted by molar-refractivity contribution is 7.18. The fraction of sp³-hybridized carbons (Fsp3) is 0.286.